The molecule has 1 heterocycles. The summed E-state index contributed by atoms with van der Waals surface area (Å²) in [4.78, 5) is 15.8. The van der Waals surface area contributed by atoms with Gasteiger partial charge in [-0.1, -0.05) is 5.16 Å². The minimum Gasteiger partial charge on any atom is -0.497 e. The number of rotatable bonds is 7. The van der Waals surface area contributed by atoms with Crippen molar-refractivity contribution in [3.63, 3.8) is 0 Å². The largest absolute Gasteiger partial charge is 0.497 e. The molecule has 1 aromatic heterocycles. The summed E-state index contributed by atoms with van der Waals surface area (Å²) in [5, 5.41) is 6.30. The standard InChI is InChI=1S/C14H17N3O5S/c1-21-11-5-3-10(4-6-11)14-16-13(22-17-14)9-12(18)15-7-8-23(2,19)20/h3-6H,7-9H2,1-2H3,(H,15,18). The predicted octanol–water partition coefficient (Wildman–Crippen LogP) is 0.449. The first-order valence-corrected chi connectivity index (χ1v) is 8.85. The van der Waals surface area contributed by atoms with Gasteiger partial charge in [-0.25, -0.2) is 8.42 Å². The monoisotopic (exact) mass is 339 g/mol. The van der Waals surface area contributed by atoms with E-state index in [1.807, 2.05) is 0 Å². The predicted molar refractivity (Wildman–Crippen MR) is 82.7 cm³/mol. The summed E-state index contributed by atoms with van der Waals surface area (Å²) in [7, 11) is -1.53. The number of methoxy groups -OCH3 is 1. The van der Waals surface area contributed by atoms with Crippen molar-refractivity contribution in [3.05, 3.63) is 30.2 Å². The van der Waals surface area contributed by atoms with Crippen LogP contribution in [0.25, 0.3) is 11.4 Å². The summed E-state index contributed by atoms with van der Waals surface area (Å²) in [5.41, 5.74) is 0.735. The number of carbonyl (C=O) groups is 1. The van der Waals surface area contributed by atoms with Crippen LogP contribution in [0.4, 0.5) is 0 Å². The number of benzene rings is 1. The number of aromatic nitrogens is 2. The molecule has 124 valence electrons. The number of hydrogen-bond donors (Lipinski definition) is 1. The number of nitrogens with zero attached hydrogens (tertiary/aromatic N) is 2. The summed E-state index contributed by atoms with van der Waals surface area (Å²) >= 11 is 0. The van der Waals surface area contributed by atoms with Gasteiger partial charge in [-0.05, 0) is 24.3 Å². The van der Waals surface area contributed by atoms with Crippen LogP contribution in [0.2, 0.25) is 0 Å². The molecule has 0 aliphatic heterocycles. The van der Waals surface area contributed by atoms with Crippen molar-refractivity contribution in [1.29, 1.82) is 0 Å². The molecule has 0 spiro atoms. The van der Waals surface area contributed by atoms with E-state index in [2.05, 4.69) is 15.5 Å². The van der Waals surface area contributed by atoms with Crippen LogP contribution in [-0.2, 0) is 21.1 Å². The summed E-state index contributed by atoms with van der Waals surface area (Å²) < 4.78 is 32.0. The zero-order valence-corrected chi connectivity index (χ0v) is 13.6. The maximum Gasteiger partial charge on any atom is 0.236 e. The molecule has 8 nitrogen and oxygen atoms in total. The van der Waals surface area contributed by atoms with Gasteiger partial charge in [0.05, 0.1) is 12.9 Å². The highest BCUT2D eigenvalue weighted by Crippen LogP contribution is 2.19. The normalized spacial score (nSPS) is 11.2. The zero-order chi connectivity index (χ0) is 16.9. The van der Waals surface area contributed by atoms with E-state index in [1.165, 1.54) is 0 Å². The van der Waals surface area contributed by atoms with Crippen molar-refractivity contribution in [2.24, 2.45) is 0 Å². The second kappa shape index (κ2) is 7.23. The average Bonchev–Trinajstić information content (AvgIpc) is 2.94. The molecule has 0 saturated carbocycles. The van der Waals surface area contributed by atoms with Crippen molar-refractivity contribution in [2.75, 3.05) is 25.7 Å². The van der Waals surface area contributed by atoms with Crippen molar-refractivity contribution < 1.29 is 22.5 Å². The Morgan fingerprint density at radius 3 is 2.61 bits per heavy atom. The van der Waals surface area contributed by atoms with Crippen molar-refractivity contribution >= 4 is 15.7 Å². The number of nitrogens with one attached hydrogen (secondary N) is 1. The maximum absolute atomic E-state index is 11.7. The molecule has 0 aliphatic carbocycles. The zero-order valence-electron chi connectivity index (χ0n) is 12.8. The Hall–Kier alpha value is -2.42. The Morgan fingerprint density at radius 1 is 1.30 bits per heavy atom. The van der Waals surface area contributed by atoms with Crippen LogP contribution in [0, 0.1) is 0 Å². The van der Waals surface area contributed by atoms with E-state index < -0.39 is 9.84 Å². The van der Waals surface area contributed by atoms with Gasteiger partial charge in [-0.15, -0.1) is 0 Å². The van der Waals surface area contributed by atoms with Crippen molar-refractivity contribution in [1.82, 2.24) is 15.5 Å². The Labute approximate surface area is 133 Å². The second-order valence-electron chi connectivity index (χ2n) is 4.90. The van der Waals surface area contributed by atoms with Crippen LogP contribution in [0.5, 0.6) is 5.75 Å². The lowest BCUT2D eigenvalue weighted by Gasteiger charge is -2.01. The first kappa shape index (κ1) is 16.9. The molecule has 0 atom stereocenters. The van der Waals surface area contributed by atoms with Crippen LogP contribution < -0.4 is 10.1 Å². The van der Waals surface area contributed by atoms with Gasteiger partial charge in [0.2, 0.25) is 17.6 Å². The second-order valence-corrected chi connectivity index (χ2v) is 7.16. The minimum atomic E-state index is -3.11. The quantitative estimate of drug-likeness (QED) is 0.779. The van der Waals surface area contributed by atoms with Gasteiger partial charge in [-0.2, -0.15) is 4.98 Å². The molecule has 0 fully saturated rings. The Bertz CT molecular complexity index is 768. The first-order chi connectivity index (χ1) is 10.9. The molecule has 0 saturated heterocycles. The van der Waals surface area contributed by atoms with Crippen molar-refractivity contribution in [3.8, 4) is 17.1 Å². The van der Waals surface area contributed by atoms with Gasteiger partial charge in [0.15, 0.2) is 0 Å². The highest BCUT2D eigenvalue weighted by atomic mass is 32.2. The smallest absolute Gasteiger partial charge is 0.236 e. The first-order valence-electron chi connectivity index (χ1n) is 6.79. The average molecular weight is 339 g/mol. The van der Waals surface area contributed by atoms with E-state index >= 15 is 0 Å². The Morgan fingerprint density at radius 2 is 2.00 bits per heavy atom. The number of ether oxygens (including phenoxy) is 1. The molecule has 0 unspecified atom stereocenters. The molecule has 2 aromatic rings. The molecular formula is C14H17N3O5S. The third-order valence-corrected chi connectivity index (χ3v) is 3.87. The molecule has 23 heavy (non-hydrogen) atoms. The van der Waals surface area contributed by atoms with E-state index in [4.69, 9.17) is 9.26 Å². The molecule has 0 bridgehead atoms. The van der Waals surface area contributed by atoms with Crippen LogP contribution >= 0.6 is 0 Å². The third-order valence-electron chi connectivity index (χ3n) is 2.92. The summed E-state index contributed by atoms with van der Waals surface area (Å²) in [6.07, 6.45) is 1.01. The third kappa shape index (κ3) is 5.37. The van der Waals surface area contributed by atoms with E-state index in [0.717, 1.165) is 11.8 Å². The molecule has 0 radical (unpaired) electrons. The molecule has 0 aliphatic rings. The molecule has 1 amide bonds. The number of carbonyl (C=O) groups excluding carboxylic acids is 1. The van der Waals surface area contributed by atoms with E-state index in [9.17, 15) is 13.2 Å². The molecule has 2 rings (SSSR count). The lowest BCUT2D eigenvalue weighted by atomic mass is 10.2. The Balaban J connectivity index is 1.92. The summed E-state index contributed by atoms with van der Waals surface area (Å²) in [6, 6.07) is 7.09. The van der Waals surface area contributed by atoms with Crippen molar-refractivity contribution in [2.45, 2.75) is 6.42 Å². The Kier molecular flexibility index (Phi) is 5.32. The van der Waals surface area contributed by atoms with Crippen LogP contribution in [-0.4, -0.2) is 50.1 Å². The van der Waals surface area contributed by atoms with Crippen LogP contribution in [0.3, 0.4) is 0 Å². The van der Waals surface area contributed by atoms with Gasteiger partial charge in [0.1, 0.15) is 22.0 Å². The number of amides is 1. The van der Waals surface area contributed by atoms with Crippen LogP contribution in [0.1, 0.15) is 5.89 Å². The van der Waals surface area contributed by atoms with Gasteiger partial charge in [-0.3, -0.25) is 4.79 Å². The van der Waals surface area contributed by atoms with Gasteiger partial charge >= 0.3 is 0 Å². The topological polar surface area (TPSA) is 111 Å². The SMILES string of the molecule is COc1ccc(-c2noc(CC(=O)NCCS(C)(=O)=O)n2)cc1. The lowest BCUT2D eigenvalue weighted by Crippen LogP contribution is -2.30. The maximum atomic E-state index is 11.7. The number of sulfone groups is 1. The van der Waals surface area contributed by atoms with Gasteiger partial charge in [0, 0.05) is 18.4 Å². The fraction of sp³-hybridized carbons (Fsp3) is 0.357. The molecule has 1 aromatic carbocycles. The van der Waals surface area contributed by atoms with E-state index in [1.54, 1.807) is 31.4 Å². The van der Waals surface area contributed by atoms with Crippen LogP contribution in [0.15, 0.2) is 28.8 Å². The lowest BCUT2D eigenvalue weighted by molar-refractivity contribution is -0.120. The number of hydrogen-bond acceptors (Lipinski definition) is 7. The molecular weight excluding hydrogens is 322 g/mol. The molecule has 9 heteroatoms. The van der Waals surface area contributed by atoms with Gasteiger partial charge < -0.3 is 14.6 Å². The molecule has 1 N–H and O–H groups in total. The highest BCUT2D eigenvalue weighted by molar-refractivity contribution is 7.90. The highest BCUT2D eigenvalue weighted by Gasteiger charge is 2.13. The minimum absolute atomic E-state index is 0.0527. The van der Waals surface area contributed by atoms with E-state index in [-0.39, 0.29) is 30.5 Å². The fourth-order valence-electron chi connectivity index (χ4n) is 1.76. The summed E-state index contributed by atoms with van der Waals surface area (Å²) in [6.45, 7) is 0.0527. The van der Waals surface area contributed by atoms with E-state index in [0.29, 0.717) is 11.6 Å². The fourth-order valence-corrected chi connectivity index (χ4v) is 2.23. The summed E-state index contributed by atoms with van der Waals surface area (Å²) in [5.74, 6) is 0.750. The van der Waals surface area contributed by atoms with Gasteiger partial charge in [0.25, 0.3) is 0 Å².